The number of rotatable bonds is 6. The molecule has 2 aliphatic rings. The Bertz CT molecular complexity index is 1070. The zero-order valence-corrected chi connectivity index (χ0v) is 21.3. The number of thioether (sulfide) groups is 1. The largest absolute Gasteiger partial charge is 0.366 e. The number of amidine groups is 1. The van der Waals surface area contributed by atoms with Crippen LogP contribution in [0.25, 0.3) is 6.08 Å². The minimum atomic E-state index is 0.0519. The van der Waals surface area contributed by atoms with Crippen LogP contribution >= 0.6 is 11.8 Å². The lowest BCUT2D eigenvalue weighted by molar-refractivity contribution is -0.122. The van der Waals surface area contributed by atoms with Crippen molar-refractivity contribution in [1.82, 2.24) is 4.90 Å². The SMILES string of the molecule is CCCN1C(=O)/C(=C\c2ccc3c(c2)C(C)CC(C)(C)N3CCC)SC1=Nc1ccccc1. The van der Waals surface area contributed by atoms with Crippen LogP contribution in [0, 0.1) is 0 Å². The second-order valence-corrected chi connectivity index (χ2v) is 10.7. The predicted octanol–water partition coefficient (Wildman–Crippen LogP) is 7.20. The van der Waals surface area contributed by atoms with Crippen LogP contribution in [-0.2, 0) is 4.79 Å². The monoisotopic (exact) mass is 461 g/mol. The normalized spacial score (nSPS) is 22.3. The van der Waals surface area contributed by atoms with Gasteiger partial charge in [0.15, 0.2) is 5.17 Å². The van der Waals surface area contributed by atoms with Gasteiger partial charge in [0, 0.05) is 24.3 Å². The summed E-state index contributed by atoms with van der Waals surface area (Å²) in [6.45, 7) is 13.1. The van der Waals surface area contributed by atoms with Crippen LogP contribution in [0.5, 0.6) is 0 Å². The first-order valence-electron chi connectivity index (χ1n) is 12.1. The Kier molecular flexibility index (Phi) is 6.99. The number of aliphatic imine (C=N–C) groups is 1. The van der Waals surface area contributed by atoms with Crippen LogP contribution < -0.4 is 4.90 Å². The van der Waals surface area contributed by atoms with E-state index in [1.807, 2.05) is 41.3 Å². The highest BCUT2D eigenvalue weighted by molar-refractivity contribution is 8.18. The van der Waals surface area contributed by atoms with Gasteiger partial charge in [0.1, 0.15) is 0 Å². The molecule has 1 unspecified atom stereocenters. The zero-order chi connectivity index (χ0) is 23.6. The lowest BCUT2D eigenvalue weighted by atomic mass is 9.79. The molecule has 0 spiro atoms. The predicted molar refractivity (Wildman–Crippen MR) is 142 cm³/mol. The van der Waals surface area contributed by atoms with Crippen molar-refractivity contribution in [3.63, 3.8) is 0 Å². The molecule has 2 aromatic carbocycles. The first-order valence-corrected chi connectivity index (χ1v) is 12.9. The van der Waals surface area contributed by atoms with Crippen LogP contribution in [0.1, 0.15) is 70.9 Å². The number of anilines is 1. The third kappa shape index (κ3) is 4.89. The first kappa shape index (κ1) is 23.6. The van der Waals surface area contributed by atoms with Gasteiger partial charge in [-0.1, -0.05) is 45.0 Å². The van der Waals surface area contributed by atoms with Crippen molar-refractivity contribution < 1.29 is 4.79 Å². The van der Waals surface area contributed by atoms with Gasteiger partial charge in [-0.15, -0.1) is 0 Å². The summed E-state index contributed by atoms with van der Waals surface area (Å²) < 4.78 is 0. The highest BCUT2D eigenvalue weighted by Crippen LogP contribution is 2.44. The minimum Gasteiger partial charge on any atom is -0.366 e. The molecule has 0 bridgehead atoms. The number of hydrogen-bond donors (Lipinski definition) is 0. The molecule has 2 aliphatic heterocycles. The van der Waals surface area contributed by atoms with E-state index in [4.69, 9.17) is 4.99 Å². The van der Waals surface area contributed by atoms with Crippen LogP contribution in [0.4, 0.5) is 11.4 Å². The summed E-state index contributed by atoms with van der Waals surface area (Å²) in [6.07, 6.45) is 5.20. The van der Waals surface area contributed by atoms with E-state index in [0.29, 0.717) is 12.5 Å². The molecule has 2 heterocycles. The van der Waals surface area contributed by atoms with E-state index in [9.17, 15) is 4.79 Å². The smallest absolute Gasteiger partial charge is 0.266 e. The van der Waals surface area contributed by atoms with E-state index < -0.39 is 0 Å². The molecule has 0 saturated carbocycles. The molecule has 5 heteroatoms. The molecular formula is C28H35N3OS. The molecule has 2 aromatic rings. The number of hydrogen-bond acceptors (Lipinski definition) is 4. The summed E-state index contributed by atoms with van der Waals surface area (Å²) in [5, 5.41) is 0.765. The summed E-state index contributed by atoms with van der Waals surface area (Å²) in [5.74, 6) is 0.538. The summed E-state index contributed by atoms with van der Waals surface area (Å²) in [7, 11) is 0. The second kappa shape index (κ2) is 9.76. The van der Waals surface area contributed by atoms with E-state index >= 15 is 0 Å². The van der Waals surface area contributed by atoms with Gasteiger partial charge in [-0.3, -0.25) is 9.69 Å². The number of carbonyl (C=O) groups excluding carboxylic acids is 1. The number of fused-ring (bicyclic) bond motifs is 1. The molecule has 1 amide bonds. The Labute approximate surface area is 202 Å². The summed E-state index contributed by atoms with van der Waals surface area (Å²) in [5.41, 5.74) is 4.84. The third-order valence-electron chi connectivity index (χ3n) is 6.47. The second-order valence-electron chi connectivity index (χ2n) is 9.68. The molecule has 0 radical (unpaired) electrons. The maximum atomic E-state index is 13.2. The van der Waals surface area contributed by atoms with E-state index in [2.05, 4.69) is 57.7 Å². The molecule has 1 saturated heterocycles. The molecule has 1 fully saturated rings. The Morgan fingerprint density at radius 3 is 2.52 bits per heavy atom. The van der Waals surface area contributed by atoms with Gasteiger partial charge in [0.2, 0.25) is 0 Å². The summed E-state index contributed by atoms with van der Waals surface area (Å²) >= 11 is 1.48. The van der Waals surface area contributed by atoms with Gasteiger partial charge in [0.25, 0.3) is 5.91 Å². The van der Waals surface area contributed by atoms with Crippen LogP contribution in [0.15, 0.2) is 58.4 Å². The van der Waals surface area contributed by atoms with Crippen molar-refractivity contribution in [3.05, 3.63) is 64.6 Å². The average Bonchev–Trinajstić information content (AvgIpc) is 3.06. The fraction of sp³-hybridized carbons (Fsp3) is 0.429. The number of carbonyl (C=O) groups is 1. The highest BCUT2D eigenvalue weighted by Gasteiger charge is 2.36. The number of amides is 1. The maximum Gasteiger partial charge on any atom is 0.266 e. The van der Waals surface area contributed by atoms with E-state index in [0.717, 1.165) is 47.1 Å². The summed E-state index contributed by atoms with van der Waals surface area (Å²) in [6, 6.07) is 16.6. The van der Waals surface area contributed by atoms with Gasteiger partial charge in [0.05, 0.1) is 10.6 Å². The number of nitrogens with zero attached hydrogens (tertiary/aromatic N) is 3. The van der Waals surface area contributed by atoms with Gasteiger partial charge in [-0.05, 0) is 92.3 Å². The Morgan fingerprint density at radius 1 is 1.09 bits per heavy atom. The molecule has 174 valence electrons. The van der Waals surface area contributed by atoms with Gasteiger partial charge < -0.3 is 4.90 Å². The van der Waals surface area contributed by atoms with Crippen LogP contribution in [-0.4, -0.2) is 34.6 Å². The van der Waals surface area contributed by atoms with Crippen molar-refractivity contribution in [2.45, 2.75) is 65.3 Å². The minimum absolute atomic E-state index is 0.0519. The Balaban J connectivity index is 1.67. The third-order valence-corrected chi connectivity index (χ3v) is 7.48. The molecule has 0 N–H and O–H groups in total. The molecule has 0 aliphatic carbocycles. The standard InChI is InChI=1S/C28H35N3OS/c1-6-15-30-26(32)25(33-27(30)29-22-11-9-8-10-12-22)18-21-13-14-24-23(17-21)20(3)19-28(4,5)31(24)16-7-2/h8-14,17-18,20H,6-7,15-16,19H2,1-5H3/b25-18+,29-27?. The van der Waals surface area contributed by atoms with E-state index in [1.165, 1.54) is 23.0 Å². The van der Waals surface area contributed by atoms with Crippen molar-refractivity contribution in [1.29, 1.82) is 0 Å². The Hall–Kier alpha value is -2.53. The van der Waals surface area contributed by atoms with E-state index in [-0.39, 0.29) is 11.4 Å². The van der Waals surface area contributed by atoms with E-state index in [1.54, 1.807) is 0 Å². The van der Waals surface area contributed by atoms with Crippen molar-refractivity contribution in [2.24, 2.45) is 4.99 Å². The molecule has 4 rings (SSSR count). The first-order chi connectivity index (χ1) is 15.8. The fourth-order valence-corrected chi connectivity index (χ4v) is 6.05. The molecule has 33 heavy (non-hydrogen) atoms. The Morgan fingerprint density at radius 2 is 1.82 bits per heavy atom. The zero-order valence-electron chi connectivity index (χ0n) is 20.5. The topological polar surface area (TPSA) is 35.9 Å². The quantitative estimate of drug-likeness (QED) is 0.427. The number of benzene rings is 2. The molecule has 1 atom stereocenters. The van der Waals surface area contributed by atoms with Crippen LogP contribution in [0.3, 0.4) is 0 Å². The molecular weight excluding hydrogens is 426 g/mol. The highest BCUT2D eigenvalue weighted by atomic mass is 32.2. The number of para-hydroxylation sites is 1. The molecule has 0 aromatic heterocycles. The average molecular weight is 462 g/mol. The fourth-order valence-electron chi connectivity index (χ4n) is 5.02. The summed E-state index contributed by atoms with van der Waals surface area (Å²) in [4.78, 5) is 23.1. The van der Waals surface area contributed by atoms with Gasteiger partial charge in [-0.25, -0.2) is 4.99 Å². The lowest BCUT2D eigenvalue weighted by Crippen LogP contribution is -2.48. The van der Waals surface area contributed by atoms with Crippen LogP contribution in [0.2, 0.25) is 0 Å². The van der Waals surface area contributed by atoms with Crippen molar-refractivity contribution >= 4 is 40.3 Å². The molecule has 4 nitrogen and oxygen atoms in total. The van der Waals surface area contributed by atoms with Gasteiger partial charge in [-0.2, -0.15) is 0 Å². The van der Waals surface area contributed by atoms with Gasteiger partial charge >= 0.3 is 0 Å². The van der Waals surface area contributed by atoms with Crippen molar-refractivity contribution in [2.75, 3.05) is 18.0 Å². The lowest BCUT2D eigenvalue weighted by Gasteiger charge is -2.47. The van der Waals surface area contributed by atoms with Crippen molar-refractivity contribution in [3.8, 4) is 0 Å². The maximum absolute atomic E-state index is 13.2.